The smallest absolute Gasteiger partial charge is 0.405 e. The summed E-state index contributed by atoms with van der Waals surface area (Å²) in [5.74, 6) is -1.09. The molecular formula is C51H53N7O9. The van der Waals surface area contributed by atoms with Crippen molar-refractivity contribution in [3.05, 3.63) is 138 Å². The molecule has 0 spiro atoms. The van der Waals surface area contributed by atoms with Crippen LogP contribution in [0.2, 0.25) is 0 Å². The second-order valence-corrected chi connectivity index (χ2v) is 16.8. The minimum atomic E-state index is -1.35. The molecule has 5 aromatic carbocycles. The van der Waals surface area contributed by atoms with Gasteiger partial charge in [-0.15, -0.1) is 0 Å². The number of carbonyl (C=O) groups excluding carboxylic acids is 4. The van der Waals surface area contributed by atoms with Gasteiger partial charge in [0.25, 0.3) is 11.8 Å². The molecule has 0 bridgehead atoms. The maximum atomic E-state index is 14.1. The van der Waals surface area contributed by atoms with Gasteiger partial charge >= 0.3 is 12.2 Å². The molecule has 8 rings (SSSR count). The quantitative estimate of drug-likeness (QED) is 0.0521. The molecule has 2 unspecified atom stereocenters. The van der Waals surface area contributed by atoms with Crippen molar-refractivity contribution >= 4 is 69.0 Å². The van der Waals surface area contributed by atoms with Crippen LogP contribution >= 0.6 is 0 Å². The Morgan fingerprint density at radius 2 is 1.09 bits per heavy atom. The van der Waals surface area contributed by atoms with Crippen molar-refractivity contribution in [2.24, 2.45) is 0 Å². The van der Waals surface area contributed by atoms with Gasteiger partial charge in [-0.2, -0.15) is 0 Å². The van der Waals surface area contributed by atoms with Gasteiger partial charge in [0.1, 0.15) is 29.9 Å². The van der Waals surface area contributed by atoms with E-state index in [9.17, 15) is 39.0 Å². The van der Waals surface area contributed by atoms with Crippen LogP contribution in [-0.4, -0.2) is 92.2 Å². The number of carbonyl (C=O) groups is 6. The van der Waals surface area contributed by atoms with Crippen molar-refractivity contribution in [2.45, 2.75) is 76.2 Å². The van der Waals surface area contributed by atoms with Gasteiger partial charge in [-0.05, 0) is 73.6 Å². The van der Waals surface area contributed by atoms with Crippen molar-refractivity contribution in [1.29, 1.82) is 0 Å². The summed E-state index contributed by atoms with van der Waals surface area (Å²) in [5, 5.41) is 31.7. The fourth-order valence-electron chi connectivity index (χ4n) is 9.20. The summed E-state index contributed by atoms with van der Waals surface area (Å²) in [6, 6.07) is 32.1. The lowest BCUT2D eigenvalue weighted by Crippen LogP contribution is -2.48. The summed E-state index contributed by atoms with van der Waals surface area (Å²) in [6.45, 7) is 3.59. The van der Waals surface area contributed by atoms with E-state index in [4.69, 9.17) is 4.74 Å². The molecule has 0 saturated carbocycles. The number of aromatic nitrogens is 1. The molecule has 1 aromatic heterocycles. The third-order valence-corrected chi connectivity index (χ3v) is 12.4. The second-order valence-electron chi connectivity index (χ2n) is 16.8. The molecule has 4 atom stereocenters. The number of likely N-dealkylation sites (tertiary alicyclic amines) is 2. The zero-order valence-corrected chi connectivity index (χ0v) is 37.0. The van der Waals surface area contributed by atoms with Gasteiger partial charge in [0.2, 0.25) is 11.8 Å². The standard InChI is InChI=1S/C51H53N7O9/c1-2-3-28-67-43-21-11-10-18-34(43)31-58-41-29-35(52-46(59)39-19-12-26-56(39)48(61)44(54-50(63)64)32-14-6-4-7-15-32)22-24-37(41)38-25-23-36(30-42(38)58)53-47(60)40-20-13-27-57(40)49(62)45(55-51(65)66)33-16-8-5-9-17-33/h4-11,14-18,21-25,29-30,39-40,44-45,54-55H,2-3,12-13,19-20,26-28,31H2,1H3,(H,52,59)(H,53,60)(H,63,64)(H,65,66)/t39-,40-,44?,45?/m0/s1. The van der Waals surface area contributed by atoms with E-state index in [1.165, 1.54) is 9.80 Å². The molecule has 2 fully saturated rings. The van der Waals surface area contributed by atoms with Crippen LogP contribution in [0.5, 0.6) is 5.75 Å². The molecule has 16 heteroatoms. The number of carboxylic acid groups (broad SMARTS) is 2. The first-order valence-corrected chi connectivity index (χ1v) is 22.6. The Morgan fingerprint density at radius 3 is 1.55 bits per heavy atom. The van der Waals surface area contributed by atoms with Crippen molar-refractivity contribution < 1.29 is 43.7 Å². The Morgan fingerprint density at radius 1 is 0.627 bits per heavy atom. The number of benzene rings is 5. The van der Waals surface area contributed by atoms with Crippen LogP contribution in [-0.2, 0) is 25.7 Å². The molecule has 2 aliphatic heterocycles. The lowest BCUT2D eigenvalue weighted by molar-refractivity contribution is -0.138. The maximum Gasteiger partial charge on any atom is 0.405 e. The van der Waals surface area contributed by atoms with Gasteiger partial charge in [-0.25, -0.2) is 9.59 Å². The van der Waals surface area contributed by atoms with E-state index in [0.717, 1.165) is 46.0 Å². The van der Waals surface area contributed by atoms with E-state index < -0.39 is 60.0 Å². The highest BCUT2D eigenvalue weighted by atomic mass is 16.5. The molecule has 0 aliphatic carbocycles. The van der Waals surface area contributed by atoms with Crippen molar-refractivity contribution in [1.82, 2.24) is 25.0 Å². The Labute approximate surface area is 386 Å². The first-order chi connectivity index (χ1) is 32.5. The van der Waals surface area contributed by atoms with Gasteiger partial charge in [-0.3, -0.25) is 19.2 Å². The summed E-state index contributed by atoms with van der Waals surface area (Å²) in [5.41, 5.74) is 4.38. The van der Waals surface area contributed by atoms with Crippen LogP contribution in [0.25, 0.3) is 21.8 Å². The molecule has 3 heterocycles. The van der Waals surface area contributed by atoms with E-state index in [-0.39, 0.29) is 0 Å². The predicted molar refractivity (Wildman–Crippen MR) is 253 cm³/mol. The third kappa shape index (κ3) is 10.2. The minimum absolute atomic E-state index is 0.290. The second kappa shape index (κ2) is 20.5. The number of nitrogens with one attached hydrogen (secondary N) is 4. The molecule has 6 aromatic rings. The number of hydrogen-bond acceptors (Lipinski definition) is 7. The number of para-hydroxylation sites is 1. The first kappa shape index (κ1) is 45.7. The summed E-state index contributed by atoms with van der Waals surface area (Å²) < 4.78 is 8.34. The number of rotatable bonds is 16. The van der Waals surface area contributed by atoms with Gasteiger partial charge in [0.05, 0.1) is 24.2 Å². The van der Waals surface area contributed by atoms with Crippen molar-refractivity contribution in [3.63, 3.8) is 0 Å². The Bertz CT molecular complexity index is 2640. The van der Waals surface area contributed by atoms with Crippen LogP contribution < -0.4 is 26.0 Å². The number of fused-ring (bicyclic) bond motifs is 3. The SMILES string of the molecule is CCCCOc1ccccc1Cn1c2cc(NC(=O)[C@@H]3CCCN3C(=O)C(NC(=O)O)c3ccccc3)ccc2c2ccc(NC(=O)[C@@H]3CCCN3C(=O)C(NC(=O)O)c3ccccc3)cc21. The molecule has 2 saturated heterocycles. The molecule has 2 aliphatic rings. The van der Waals surface area contributed by atoms with Crippen LogP contribution in [0.4, 0.5) is 21.0 Å². The summed E-state index contributed by atoms with van der Waals surface area (Å²) in [6.07, 6.45) is 1.08. The fourth-order valence-corrected chi connectivity index (χ4v) is 9.20. The maximum absolute atomic E-state index is 14.1. The average Bonchev–Trinajstić information content (AvgIpc) is 4.10. The molecule has 0 radical (unpaired) electrons. The predicted octanol–water partition coefficient (Wildman–Crippen LogP) is 7.90. The molecule has 16 nitrogen and oxygen atoms in total. The number of hydrogen-bond donors (Lipinski definition) is 6. The molecule has 6 N–H and O–H groups in total. The van der Waals surface area contributed by atoms with E-state index in [0.29, 0.717) is 74.4 Å². The number of unbranched alkanes of at least 4 members (excludes halogenated alkanes) is 1. The van der Waals surface area contributed by atoms with Crippen LogP contribution in [0.15, 0.2) is 121 Å². The van der Waals surface area contributed by atoms with Crippen molar-refractivity contribution in [3.8, 4) is 5.75 Å². The zero-order chi connectivity index (χ0) is 47.0. The number of nitrogens with zero attached hydrogens (tertiary/aromatic N) is 3. The highest BCUT2D eigenvalue weighted by molar-refractivity contribution is 6.11. The lowest BCUT2D eigenvalue weighted by Gasteiger charge is -2.28. The van der Waals surface area contributed by atoms with Gasteiger partial charge in [0, 0.05) is 40.8 Å². The Hall–Kier alpha value is -7.88. The van der Waals surface area contributed by atoms with E-state index >= 15 is 0 Å². The molecule has 346 valence electrons. The first-order valence-electron chi connectivity index (χ1n) is 22.6. The molecular weight excluding hydrogens is 855 g/mol. The summed E-state index contributed by atoms with van der Waals surface area (Å²) in [4.78, 5) is 82.5. The Kier molecular flexibility index (Phi) is 14.0. The zero-order valence-electron chi connectivity index (χ0n) is 37.0. The largest absolute Gasteiger partial charge is 0.493 e. The fraction of sp³-hybridized carbons (Fsp3) is 0.294. The third-order valence-electron chi connectivity index (χ3n) is 12.4. The summed E-state index contributed by atoms with van der Waals surface area (Å²) >= 11 is 0. The highest BCUT2D eigenvalue weighted by Gasteiger charge is 2.40. The molecule has 67 heavy (non-hydrogen) atoms. The minimum Gasteiger partial charge on any atom is -0.493 e. The van der Waals surface area contributed by atoms with Crippen LogP contribution in [0, 0.1) is 0 Å². The van der Waals surface area contributed by atoms with Gasteiger partial charge in [-0.1, -0.05) is 104 Å². The normalized spacial score (nSPS) is 16.6. The monoisotopic (exact) mass is 907 g/mol. The topological polar surface area (TPSA) is 212 Å². The van der Waals surface area contributed by atoms with Gasteiger partial charge < -0.3 is 50.6 Å². The number of ether oxygens (including phenoxy) is 1. The average molecular weight is 908 g/mol. The highest BCUT2D eigenvalue weighted by Crippen LogP contribution is 2.36. The van der Waals surface area contributed by atoms with E-state index in [1.807, 2.05) is 48.5 Å². The van der Waals surface area contributed by atoms with Gasteiger partial charge in [0.15, 0.2) is 0 Å². The number of amides is 6. The Balaban J connectivity index is 1.09. The molecule has 6 amide bonds. The van der Waals surface area contributed by atoms with E-state index in [1.54, 1.807) is 72.8 Å². The van der Waals surface area contributed by atoms with Crippen LogP contribution in [0.3, 0.4) is 0 Å². The van der Waals surface area contributed by atoms with E-state index in [2.05, 4.69) is 32.8 Å². The number of anilines is 2. The lowest BCUT2D eigenvalue weighted by atomic mass is 10.0. The van der Waals surface area contributed by atoms with Crippen LogP contribution in [0.1, 0.15) is 74.2 Å². The van der Waals surface area contributed by atoms with Crippen molar-refractivity contribution in [2.75, 3.05) is 30.3 Å². The summed E-state index contributed by atoms with van der Waals surface area (Å²) in [7, 11) is 0.